The van der Waals surface area contributed by atoms with Gasteiger partial charge in [-0.25, -0.2) is 10.9 Å². The third-order valence-corrected chi connectivity index (χ3v) is 4.38. The van der Waals surface area contributed by atoms with Gasteiger partial charge in [0.1, 0.15) is 0 Å². The van der Waals surface area contributed by atoms with E-state index in [4.69, 9.17) is 0 Å². The molecule has 136 valence electrons. The fourth-order valence-corrected chi connectivity index (χ4v) is 2.86. The van der Waals surface area contributed by atoms with Gasteiger partial charge in [0.15, 0.2) is 0 Å². The maximum atomic E-state index is 11.7. The molecule has 0 aromatic heterocycles. The summed E-state index contributed by atoms with van der Waals surface area (Å²) in [5.41, 5.74) is 5.06. The van der Waals surface area contributed by atoms with E-state index in [1.54, 1.807) is 0 Å². The fraction of sp³-hybridized carbons (Fsp3) is 0.579. The van der Waals surface area contributed by atoms with Crippen molar-refractivity contribution in [2.24, 2.45) is 22.0 Å². The molecule has 0 fully saturated rings. The van der Waals surface area contributed by atoms with Crippen LogP contribution in [0, 0.1) is 11.8 Å². The third kappa shape index (κ3) is 8.42. The fourth-order valence-electron chi connectivity index (χ4n) is 2.86. The Kier molecular flexibility index (Phi) is 8.66. The van der Waals surface area contributed by atoms with Crippen molar-refractivity contribution in [3.63, 3.8) is 0 Å². The lowest BCUT2D eigenvalue weighted by atomic mass is 9.96. The summed E-state index contributed by atoms with van der Waals surface area (Å²) in [7, 11) is 0. The average molecular weight is 344 g/mol. The van der Waals surface area contributed by atoms with Crippen LogP contribution < -0.4 is 10.9 Å². The molecule has 0 aromatic rings. The van der Waals surface area contributed by atoms with E-state index in [-0.39, 0.29) is 24.7 Å². The zero-order chi connectivity index (χ0) is 17.7. The standard InChI is InChI=1S/C19H28N4O2/c24-18(22-20-14-16-8-3-1-4-9-16)12-7-13-19(25)23-21-15-17-10-5-2-6-11-17/h1-3,5,14-17H,4,6-13H2,(H,22,24)(H,23,25)/b20-14-,21-15+. The van der Waals surface area contributed by atoms with E-state index < -0.39 is 0 Å². The topological polar surface area (TPSA) is 82.9 Å². The van der Waals surface area contributed by atoms with Crippen LogP contribution in [0.5, 0.6) is 0 Å². The number of hydrazone groups is 2. The van der Waals surface area contributed by atoms with Crippen LogP contribution in [0.1, 0.15) is 57.8 Å². The highest BCUT2D eigenvalue weighted by Gasteiger charge is 2.08. The molecule has 6 nitrogen and oxygen atoms in total. The molecule has 0 saturated carbocycles. The van der Waals surface area contributed by atoms with Crippen LogP contribution in [0.4, 0.5) is 0 Å². The van der Waals surface area contributed by atoms with E-state index >= 15 is 0 Å². The summed E-state index contributed by atoms with van der Waals surface area (Å²) in [5, 5.41) is 8.01. The SMILES string of the molecule is O=C(CCCC(=O)N/N=C/C1CC=CCC1)N/N=C\C1CC=CCC1. The quantitative estimate of drug-likeness (QED) is 0.403. The zero-order valence-electron chi connectivity index (χ0n) is 14.7. The van der Waals surface area contributed by atoms with E-state index in [0.29, 0.717) is 18.3 Å². The van der Waals surface area contributed by atoms with Crippen LogP contribution in [0.3, 0.4) is 0 Å². The van der Waals surface area contributed by atoms with Crippen LogP contribution in [0.25, 0.3) is 0 Å². The molecule has 2 amide bonds. The molecule has 0 saturated heterocycles. The molecule has 2 aliphatic carbocycles. The van der Waals surface area contributed by atoms with Gasteiger partial charge in [-0.05, 0) is 56.8 Å². The van der Waals surface area contributed by atoms with Crippen molar-refractivity contribution in [2.75, 3.05) is 0 Å². The molecule has 0 aliphatic heterocycles. The van der Waals surface area contributed by atoms with Gasteiger partial charge >= 0.3 is 0 Å². The first-order chi connectivity index (χ1) is 12.2. The van der Waals surface area contributed by atoms with Crippen molar-refractivity contribution in [3.8, 4) is 0 Å². The highest BCUT2D eigenvalue weighted by Crippen LogP contribution is 2.16. The molecule has 2 unspecified atom stereocenters. The first kappa shape index (κ1) is 19.1. The van der Waals surface area contributed by atoms with E-state index in [9.17, 15) is 9.59 Å². The minimum absolute atomic E-state index is 0.159. The lowest BCUT2D eigenvalue weighted by molar-refractivity contribution is -0.122. The van der Waals surface area contributed by atoms with Crippen LogP contribution in [-0.2, 0) is 9.59 Å². The molecule has 0 bridgehead atoms. The molecule has 0 aromatic carbocycles. The predicted octanol–water partition coefficient (Wildman–Crippen LogP) is 3.07. The van der Waals surface area contributed by atoms with Gasteiger partial charge in [-0.1, -0.05) is 24.3 Å². The number of hydrogen-bond acceptors (Lipinski definition) is 4. The second-order valence-corrected chi connectivity index (χ2v) is 6.57. The summed E-state index contributed by atoms with van der Waals surface area (Å²) in [5.74, 6) is 0.503. The van der Waals surface area contributed by atoms with Gasteiger partial charge in [-0.3, -0.25) is 9.59 Å². The van der Waals surface area contributed by atoms with Gasteiger partial charge in [0.25, 0.3) is 0 Å². The molecular formula is C19H28N4O2. The molecule has 0 heterocycles. The molecular weight excluding hydrogens is 316 g/mol. The Morgan fingerprint density at radius 2 is 1.32 bits per heavy atom. The number of carbonyl (C=O) groups is 2. The molecule has 2 aliphatic rings. The molecule has 2 atom stereocenters. The average Bonchev–Trinajstić information content (AvgIpc) is 2.63. The van der Waals surface area contributed by atoms with Crippen molar-refractivity contribution >= 4 is 24.2 Å². The number of rotatable bonds is 8. The summed E-state index contributed by atoms with van der Waals surface area (Å²) in [6.45, 7) is 0. The van der Waals surface area contributed by atoms with Gasteiger partial charge in [-0.15, -0.1) is 0 Å². The van der Waals surface area contributed by atoms with E-state index in [1.165, 1.54) is 0 Å². The van der Waals surface area contributed by atoms with Crippen molar-refractivity contribution < 1.29 is 9.59 Å². The van der Waals surface area contributed by atoms with Crippen LogP contribution >= 0.6 is 0 Å². The normalized spacial score (nSPS) is 23.2. The largest absolute Gasteiger partial charge is 0.273 e. The summed E-state index contributed by atoms with van der Waals surface area (Å²) >= 11 is 0. The van der Waals surface area contributed by atoms with Crippen LogP contribution in [-0.4, -0.2) is 24.2 Å². The molecule has 0 spiro atoms. The van der Waals surface area contributed by atoms with E-state index in [1.807, 2.05) is 12.4 Å². The van der Waals surface area contributed by atoms with Gasteiger partial charge < -0.3 is 0 Å². The Hall–Kier alpha value is -2.24. The predicted molar refractivity (Wildman–Crippen MR) is 100 cm³/mol. The maximum Gasteiger partial charge on any atom is 0.240 e. The first-order valence-electron chi connectivity index (χ1n) is 9.18. The number of hydrogen-bond donors (Lipinski definition) is 2. The third-order valence-electron chi connectivity index (χ3n) is 4.38. The monoisotopic (exact) mass is 344 g/mol. The number of nitrogens with zero attached hydrogens (tertiary/aromatic N) is 2. The molecule has 2 N–H and O–H groups in total. The van der Waals surface area contributed by atoms with Gasteiger partial charge in [-0.2, -0.15) is 10.2 Å². The number of allylic oxidation sites excluding steroid dienone is 4. The van der Waals surface area contributed by atoms with Crippen molar-refractivity contribution in [1.29, 1.82) is 0 Å². The summed E-state index contributed by atoms with van der Waals surface area (Å²) < 4.78 is 0. The number of carbonyl (C=O) groups excluding carboxylic acids is 2. The highest BCUT2D eigenvalue weighted by molar-refractivity contribution is 5.79. The second kappa shape index (κ2) is 11.3. The molecule has 6 heteroatoms. The molecule has 2 rings (SSSR count). The maximum absolute atomic E-state index is 11.7. The van der Waals surface area contributed by atoms with E-state index in [0.717, 1.165) is 38.5 Å². The van der Waals surface area contributed by atoms with Crippen molar-refractivity contribution in [3.05, 3.63) is 24.3 Å². The number of amides is 2. The second-order valence-electron chi connectivity index (χ2n) is 6.57. The Labute approximate surface area is 149 Å². The number of nitrogens with one attached hydrogen (secondary N) is 2. The van der Waals surface area contributed by atoms with Crippen LogP contribution in [0.15, 0.2) is 34.5 Å². The first-order valence-corrected chi connectivity index (χ1v) is 9.18. The highest BCUT2D eigenvalue weighted by atomic mass is 16.2. The summed E-state index contributed by atoms with van der Waals surface area (Å²) in [6, 6.07) is 0. The lowest BCUT2D eigenvalue weighted by Crippen LogP contribution is -2.21. The van der Waals surface area contributed by atoms with Gasteiger partial charge in [0.2, 0.25) is 11.8 Å². The zero-order valence-corrected chi connectivity index (χ0v) is 14.7. The van der Waals surface area contributed by atoms with Gasteiger partial charge in [0, 0.05) is 25.3 Å². The van der Waals surface area contributed by atoms with E-state index in [2.05, 4.69) is 45.4 Å². The minimum atomic E-state index is -0.159. The van der Waals surface area contributed by atoms with Gasteiger partial charge in [0.05, 0.1) is 0 Å². The Balaban J connectivity index is 1.52. The van der Waals surface area contributed by atoms with Crippen molar-refractivity contribution in [2.45, 2.75) is 57.8 Å². The summed E-state index contributed by atoms with van der Waals surface area (Å²) in [6.07, 6.45) is 19.6. The minimum Gasteiger partial charge on any atom is -0.273 e. The molecule has 25 heavy (non-hydrogen) atoms. The molecule has 0 radical (unpaired) electrons. The Morgan fingerprint density at radius 1 is 0.840 bits per heavy atom. The van der Waals surface area contributed by atoms with Crippen LogP contribution in [0.2, 0.25) is 0 Å². The smallest absolute Gasteiger partial charge is 0.240 e. The lowest BCUT2D eigenvalue weighted by Gasteiger charge is -2.11. The Bertz CT molecular complexity index is 504. The summed E-state index contributed by atoms with van der Waals surface area (Å²) in [4.78, 5) is 23.4. The Morgan fingerprint density at radius 3 is 1.72 bits per heavy atom. The van der Waals surface area contributed by atoms with Crippen molar-refractivity contribution in [1.82, 2.24) is 10.9 Å².